The summed E-state index contributed by atoms with van der Waals surface area (Å²) in [5, 5.41) is 10.5. The van der Waals surface area contributed by atoms with Crippen molar-refractivity contribution in [2.75, 3.05) is 13.4 Å². The molecule has 4 rings (SSSR count). The van der Waals surface area contributed by atoms with Crippen LogP contribution in [0, 0.1) is 5.82 Å². The SMILES string of the molecule is COc1ccc(-c2n[nH]c(CNC(=O)c3cnc(SC)n3-c3ccc(F)cc3)n2)cc1. The van der Waals surface area contributed by atoms with Gasteiger partial charge in [0.05, 0.1) is 19.9 Å². The Hall–Kier alpha value is -3.66. The minimum Gasteiger partial charge on any atom is -0.497 e. The Kier molecular flexibility index (Phi) is 5.99. The van der Waals surface area contributed by atoms with Crippen LogP contribution in [-0.2, 0) is 6.54 Å². The van der Waals surface area contributed by atoms with Gasteiger partial charge in [-0.05, 0) is 54.8 Å². The molecule has 0 aliphatic carbocycles. The topological polar surface area (TPSA) is 97.7 Å². The van der Waals surface area contributed by atoms with E-state index in [1.807, 2.05) is 30.5 Å². The van der Waals surface area contributed by atoms with E-state index in [4.69, 9.17) is 4.74 Å². The summed E-state index contributed by atoms with van der Waals surface area (Å²) in [6.07, 6.45) is 3.35. The molecule has 0 bridgehead atoms. The van der Waals surface area contributed by atoms with Crippen molar-refractivity contribution < 1.29 is 13.9 Å². The first-order valence-corrected chi connectivity index (χ1v) is 10.5. The highest BCUT2D eigenvalue weighted by molar-refractivity contribution is 7.98. The molecule has 0 aliphatic heterocycles. The second kappa shape index (κ2) is 9.00. The van der Waals surface area contributed by atoms with Crippen LogP contribution in [0.15, 0.2) is 59.9 Å². The molecule has 0 fully saturated rings. The molecular weight excluding hydrogens is 419 g/mol. The van der Waals surface area contributed by atoms with E-state index in [1.54, 1.807) is 23.8 Å². The number of carbonyl (C=O) groups excluding carboxylic acids is 1. The molecule has 2 N–H and O–H groups in total. The first kappa shape index (κ1) is 20.6. The lowest BCUT2D eigenvalue weighted by Crippen LogP contribution is -2.25. The van der Waals surface area contributed by atoms with Crippen molar-refractivity contribution in [1.82, 2.24) is 30.0 Å². The van der Waals surface area contributed by atoms with Crippen molar-refractivity contribution in [3.05, 3.63) is 72.1 Å². The summed E-state index contributed by atoms with van der Waals surface area (Å²) in [5.74, 6) is 1.09. The zero-order valence-corrected chi connectivity index (χ0v) is 17.6. The van der Waals surface area contributed by atoms with Crippen LogP contribution in [0.25, 0.3) is 17.1 Å². The van der Waals surface area contributed by atoms with Gasteiger partial charge in [-0.2, -0.15) is 5.10 Å². The third kappa shape index (κ3) is 4.43. The number of halogens is 1. The molecule has 2 aromatic heterocycles. The van der Waals surface area contributed by atoms with Gasteiger partial charge >= 0.3 is 0 Å². The Labute approximate surface area is 181 Å². The number of methoxy groups -OCH3 is 1. The lowest BCUT2D eigenvalue weighted by molar-refractivity contribution is 0.0942. The predicted molar refractivity (Wildman–Crippen MR) is 115 cm³/mol. The number of aromatic amines is 1. The van der Waals surface area contributed by atoms with Gasteiger partial charge in [0.1, 0.15) is 23.1 Å². The maximum atomic E-state index is 13.3. The molecule has 0 saturated heterocycles. The monoisotopic (exact) mass is 438 g/mol. The Morgan fingerprint density at radius 3 is 2.61 bits per heavy atom. The standard InChI is InChI=1S/C21H19FN6O2S/c1-30-16-9-3-13(4-10-16)19-25-18(26-27-19)12-23-20(29)17-11-24-21(31-2)28(17)15-7-5-14(22)6-8-15/h3-11H,12H2,1-2H3,(H,23,29)(H,25,26,27). The maximum Gasteiger partial charge on any atom is 0.270 e. The number of benzene rings is 2. The average molecular weight is 438 g/mol. The van der Waals surface area contributed by atoms with Crippen molar-refractivity contribution in [1.29, 1.82) is 0 Å². The highest BCUT2D eigenvalue weighted by Gasteiger charge is 2.18. The highest BCUT2D eigenvalue weighted by atomic mass is 32.2. The van der Waals surface area contributed by atoms with Gasteiger partial charge in [0.25, 0.3) is 5.91 Å². The zero-order chi connectivity index (χ0) is 21.8. The van der Waals surface area contributed by atoms with E-state index in [0.717, 1.165) is 11.3 Å². The fourth-order valence-corrected chi connectivity index (χ4v) is 3.52. The third-order valence-corrected chi connectivity index (χ3v) is 5.18. The molecular formula is C21H19FN6O2S. The second-order valence-electron chi connectivity index (χ2n) is 6.46. The minimum absolute atomic E-state index is 0.158. The number of rotatable bonds is 7. The van der Waals surface area contributed by atoms with E-state index in [9.17, 15) is 9.18 Å². The molecule has 0 spiro atoms. The summed E-state index contributed by atoms with van der Waals surface area (Å²) in [4.78, 5) is 21.5. The normalized spacial score (nSPS) is 10.8. The van der Waals surface area contributed by atoms with Gasteiger partial charge < -0.3 is 10.1 Å². The number of aromatic nitrogens is 5. The van der Waals surface area contributed by atoms with Gasteiger partial charge in [-0.1, -0.05) is 11.8 Å². The van der Waals surface area contributed by atoms with Crippen LogP contribution in [0.3, 0.4) is 0 Å². The molecule has 31 heavy (non-hydrogen) atoms. The molecule has 2 aromatic carbocycles. The molecule has 10 heteroatoms. The van der Waals surface area contributed by atoms with E-state index in [0.29, 0.717) is 28.2 Å². The van der Waals surface area contributed by atoms with Crippen molar-refractivity contribution >= 4 is 17.7 Å². The number of nitrogens with zero attached hydrogens (tertiary/aromatic N) is 4. The summed E-state index contributed by atoms with van der Waals surface area (Å²) < 4.78 is 20.1. The van der Waals surface area contributed by atoms with Gasteiger partial charge in [-0.3, -0.25) is 14.5 Å². The molecule has 2 heterocycles. The molecule has 4 aromatic rings. The molecule has 8 nitrogen and oxygen atoms in total. The number of H-pyrrole nitrogens is 1. The lowest BCUT2D eigenvalue weighted by Gasteiger charge is -2.10. The Bertz CT molecular complexity index is 1190. The number of hydrogen-bond donors (Lipinski definition) is 2. The molecule has 0 saturated carbocycles. The fraction of sp³-hybridized carbons (Fsp3) is 0.143. The van der Waals surface area contributed by atoms with E-state index >= 15 is 0 Å². The first-order valence-electron chi connectivity index (χ1n) is 9.30. The third-order valence-electron chi connectivity index (χ3n) is 4.53. The highest BCUT2D eigenvalue weighted by Crippen LogP contribution is 2.22. The van der Waals surface area contributed by atoms with Crippen molar-refractivity contribution in [2.24, 2.45) is 0 Å². The van der Waals surface area contributed by atoms with Crippen LogP contribution in [0.4, 0.5) is 4.39 Å². The Balaban J connectivity index is 1.49. The van der Waals surface area contributed by atoms with Gasteiger partial charge in [0.2, 0.25) is 0 Å². The number of thioether (sulfide) groups is 1. The van der Waals surface area contributed by atoms with Crippen molar-refractivity contribution in [2.45, 2.75) is 11.7 Å². The number of imidazole rings is 1. The first-order chi connectivity index (χ1) is 15.1. The number of amides is 1. The minimum atomic E-state index is -0.349. The van der Waals surface area contributed by atoms with Crippen LogP contribution in [-0.4, -0.2) is 44.0 Å². The van der Waals surface area contributed by atoms with Gasteiger partial charge in [0.15, 0.2) is 11.0 Å². The van der Waals surface area contributed by atoms with Gasteiger partial charge in [-0.15, -0.1) is 0 Å². The summed E-state index contributed by atoms with van der Waals surface area (Å²) >= 11 is 1.39. The average Bonchev–Trinajstić information content (AvgIpc) is 3.45. The molecule has 0 aliphatic rings. The molecule has 158 valence electrons. The van der Waals surface area contributed by atoms with Crippen molar-refractivity contribution in [3.63, 3.8) is 0 Å². The van der Waals surface area contributed by atoms with Crippen LogP contribution >= 0.6 is 11.8 Å². The summed E-state index contributed by atoms with van der Waals surface area (Å²) in [6.45, 7) is 0.158. The maximum absolute atomic E-state index is 13.3. The van der Waals surface area contributed by atoms with Crippen LogP contribution in [0.5, 0.6) is 5.75 Å². The second-order valence-corrected chi connectivity index (χ2v) is 7.23. The quantitative estimate of drug-likeness (QED) is 0.429. The van der Waals surface area contributed by atoms with Crippen molar-refractivity contribution in [3.8, 4) is 22.8 Å². The molecule has 0 radical (unpaired) electrons. The Morgan fingerprint density at radius 1 is 1.19 bits per heavy atom. The predicted octanol–water partition coefficient (Wildman–Crippen LogP) is 3.46. The summed E-state index contributed by atoms with van der Waals surface area (Å²) in [7, 11) is 1.60. The summed E-state index contributed by atoms with van der Waals surface area (Å²) in [5.41, 5.74) is 1.81. The van der Waals surface area contributed by atoms with E-state index < -0.39 is 0 Å². The molecule has 0 unspecified atom stereocenters. The number of carbonyl (C=O) groups is 1. The van der Waals surface area contributed by atoms with Crippen LogP contribution in [0.2, 0.25) is 0 Å². The molecule has 1 amide bonds. The summed E-state index contributed by atoms with van der Waals surface area (Å²) in [6, 6.07) is 13.3. The number of ether oxygens (including phenoxy) is 1. The van der Waals surface area contributed by atoms with Gasteiger partial charge in [0, 0.05) is 11.3 Å². The van der Waals surface area contributed by atoms with Crippen LogP contribution in [0.1, 0.15) is 16.3 Å². The molecule has 0 atom stereocenters. The van der Waals surface area contributed by atoms with Crippen LogP contribution < -0.4 is 10.1 Å². The largest absolute Gasteiger partial charge is 0.497 e. The fourth-order valence-electron chi connectivity index (χ4n) is 2.98. The number of hydrogen-bond acceptors (Lipinski definition) is 6. The smallest absolute Gasteiger partial charge is 0.270 e. The van der Waals surface area contributed by atoms with Gasteiger partial charge in [-0.25, -0.2) is 14.4 Å². The lowest BCUT2D eigenvalue weighted by atomic mass is 10.2. The number of nitrogens with one attached hydrogen (secondary N) is 2. The zero-order valence-electron chi connectivity index (χ0n) is 16.8. The van der Waals surface area contributed by atoms with E-state index in [-0.39, 0.29) is 18.3 Å². The van der Waals surface area contributed by atoms with E-state index in [1.165, 1.54) is 30.1 Å². The Morgan fingerprint density at radius 2 is 1.94 bits per heavy atom. The van der Waals surface area contributed by atoms with E-state index in [2.05, 4.69) is 25.5 Å².